The first-order valence-corrected chi connectivity index (χ1v) is 23.3. The third kappa shape index (κ3) is 12.4. The van der Waals surface area contributed by atoms with Crippen molar-refractivity contribution >= 4 is 42.2 Å². The fraction of sp³-hybridized carbons (Fsp3) is 0.474. The second kappa shape index (κ2) is 21.7. The molecule has 48 heavy (non-hydrogen) atoms. The zero-order chi connectivity index (χ0) is 34.7. The van der Waals surface area contributed by atoms with E-state index >= 15 is 0 Å². The van der Waals surface area contributed by atoms with Crippen molar-refractivity contribution in [3.63, 3.8) is 0 Å². The van der Waals surface area contributed by atoms with Gasteiger partial charge in [0.2, 0.25) is 0 Å². The van der Waals surface area contributed by atoms with Crippen LogP contribution in [0.2, 0.25) is 15.8 Å². The number of methoxy groups -OCH3 is 2. The quantitative estimate of drug-likeness (QED) is 0.0937. The van der Waals surface area contributed by atoms with E-state index in [4.69, 9.17) is 0 Å². The molecule has 0 radical (unpaired) electrons. The van der Waals surface area contributed by atoms with Crippen LogP contribution in [0.1, 0.15) is 91.4 Å². The normalized spacial score (nSPS) is 11.4. The number of carbonyl (C=O) groups is 2. The van der Waals surface area contributed by atoms with Crippen molar-refractivity contribution in [1.29, 1.82) is 0 Å². The van der Waals surface area contributed by atoms with Crippen LogP contribution in [-0.4, -0.2) is 59.6 Å². The number of hydrogen-bond acceptors (Lipinski definition) is 6. The molecule has 1 aliphatic heterocycles. The standard InChI is InChI=1S/C13H13BrN2O2.C13H12N2O2.C12H28Ge/c1-18-13(17)12-8-16(9-15-12)7-6-10-4-2-3-5-11(10)14;1-17-13(16)11-8-15-7-6-9-4-2-3-5-10(9)12(15)14-11;1-4-7-10-13(11-8-5-2)12-9-6-3/h2-5,8-9H,6-7H2,1H3;2-5,8H,6-7H2,1H3;13H,4-12H2,1-3H3. The maximum absolute atomic E-state index is 11.4. The summed E-state index contributed by atoms with van der Waals surface area (Å²) < 4.78 is 14.3. The molecule has 0 bridgehead atoms. The predicted molar refractivity (Wildman–Crippen MR) is 200 cm³/mol. The molecule has 0 saturated heterocycles. The van der Waals surface area contributed by atoms with E-state index in [1.807, 2.05) is 45.5 Å². The molecule has 4 aromatic rings. The van der Waals surface area contributed by atoms with Gasteiger partial charge in [-0.05, 0) is 30.0 Å². The summed E-state index contributed by atoms with van der Waals surface area (Å²) in [5.41, 5.74) is 4.32. The number of ether oxygens (including phenoxy) is 2. The minimum atomic E-state index is -0.752. The first-order valence-electron chi connectivity index (χ1n) is 17.4. The molecule has 10 heteroatoms. The summed E-state index contributed by atoms with van der Waals surface area (Å²) in [4.78, 5) is 31.0. The molecular formula is C38H53BrGeN4O4. The summed E-state index contributed by atoms with van der Waals surface area (Å²) >= 11 is 2.76. The molecule has 0 fully saturated rings. The summed E-state index contributed by atoms with van der Waals surface area (Å²) in [5.74, 6) is 0.0614. The number of hydrogen-bond donors (Lipinski definition) is 0. The van der Waals surface area contributed by atoms with Gasteiger partial charge >= 0.3 is 101 Å². The van der Waals surface area contributed by atoms with Crippen LogP contribution < -0.4 is 0 Å². The van der Waals surface area contributed by atoms with E-state index in [0.29, 0.717) is 11.4 Å². The molecule has 2 aromatic carbocycles. The van der Waals surface area contributed by atoms with E-state index in [2.05, 4.69) is 68.3 Å². The molecule has 0 saturated carbocycles. The van der Waals surface area contributed by atoms with Gasteiger partial charge in [-0.15, -0.1) is 0 Å². The fourth-order valence-electron chi connectivity index (χ4n) is 5.76. The van der Waals surface area contributed by atoms with Crippen molar-refractivity contribution in [2.24, 2.45) is 0 Å². The van der Waals surface area contributed by atoms with Crippen LogP contribution in [-0.2, 0) is 35.4 Å². The molecule has 0 atom stereocenters. The van der Waals surface area contributed by atoms with E-state index in [0.717, 1.165) is 41.8 Å². The van der Waals surface area contributed by atoms with Crippen LogP contribution in [0.4, 0.5) is 0 Å². The molecule has 2 aromatic heterocycles. The van der Waals surface area contributed by atoms with Crippen molar-refractivity contribution < 1.29 is 19.1 Å². The topological polar surface area (TPSA) is 88.2 Å². The number of halogens is 1. The number of esters is 2. The molecule has 0 unspecified atom stereocenters. The Kier molecular flexibility index (Phi) is 17.8. The zero-order valence-electron chi connectivity index (χ0n) is 29.4. The van der Waals surface area contributed by atoms with Gasteiger partial charge < -0.3 is 18.6 Å². The molecule has 5 rings (SSSR count). The fourth-order valence-corrected chi connectivity index (χ4v) is 14.3. The van der Waals surface area contributed by atoms with Crippen LogP contribution in [0.25, 0.3) is 11.4 Å². The van der Waals surface area contributed by atoms with Crippen LogP contribution in [0.3, 0.4) is 0 Å². The van der Waals surface area contributed by atoms with Crippen molar-refractivity contribution in [3.8, 4) is 11.4 Å². The summed E-state index contributed by atoms with van der Waals surface area (Å²) in [6.45, 7) is 8.62. The molecule has 3 heterocycles. The number of carbonyl (C=O) groups excluding carboxylic acids is 2. The smallest absolute Gasteiger partial charge is 0.358 e. The van der Waals surface area contributed by atoms with Gasteiger partial charge in [0.1, 0.15) is 5.82 Å². The minimum Gasteiger partial charge on any atom is -0.464 e. The summed E-state index contributed by atoms with van der Waals surface area (Å²) in [6.07, 6.45) is 15.8. The van der Waals surface area contributed by atoms with Gasteiger partial charge in [-0.3, -0.25) is 0 Å². The number of rotatable bonds is 14. The molecular weight excluding hydrogens is 729 g/mol. The van der Waals surface area contributed by atoms with Gasteiger partial charge in [0, 0.05) is 35.5 Å². The van der Waals surface area contributed by atoms with Gasteiger partial charge in [-0.25, -0.2) is 19.6 Å². The third-order valence-corrected chi connectivity index (χ3v) is 17.1. The Hall–Kier alpha value is -3.18. The van der Waals surface area contributed by atoms with Crippen molar-refractivity contribution in [1.82, 2.24) is 19.1 Å². The Morgan fingerprint density at radius 2 is 1.44 bits per heavy atom. The van der Waals surface area contributed by atoms with E-state index in [-0.39, 0.29) is 5.97 Å². The van der Waals surface area contributed by atoms with Crippen molar-refractivity contribution in [2.75, 3.05) is 14.2 Å². The van der Waals surface area contributed by atoms with Crippen LogP contribution in [0, 0.1) is 0 Å². The molecule has 1 aliphatic rings. The van der Waals surface area contributed by atoms with E-state index in [1.54, 1.807) is 34.5 Å². The number of nitrogens with zero attached hydrogens (tertiary/aromatic N) is 4. The average molecular weight is 782 g/mol. The Morgan fingerprint density at radius 3 is 2.06 bits per heavy atom. The number of unbranched alkanes of at least 4 members (excludes halogenated alkanes) is 3. The Balaban J connectivity index is 0.000000199. The van der Waals surface area contributed by atoms with E-state index in [9.17, 15) is 9.59 Å². The Bertz CT molecular complexity index is 1530. The Morgan fingerprint density at radius 1 is 0.833 bits per heavy atom. The predicted octanol–water partition coefficient (Wildman–Crippen LogP) is 9.18. The van der Waals surface area contributed by atoms with Crippen LogP contribution in [0.15, 0.2) is 71.7 Å². The molecule has 0 N–H and O–H groups in total. The molecule has 0 spiro atoms. The van der Waals surface area contributed by atoms with E-state index < -0.39 is 20.3 Å². The number of aryl methyl sites for hydroxylation is 4. The second-order valence-corrected chi connectivity index (χ2v) is 20.3. The van der Waals surface area contributed by atoms with Gasteiger partial charge in [-0.1, -0.05) is 58.4 Å². The molecule has 0 amide bonds. The summed E-state index contributed by atoms with van der Waals surface area (Å²) in [6, 6.07) is 16.2. The van der Waals surface area contributed by atoms with Crippen LogP contribution >= 0.6 is 15.9 Å². The zero-order valence-corrected chi connectivity index (χ0v) is 33.4. The largest absolute Gasteiger partial charge is 0.464 e. The first-order chi connectivity index (χ1) is 23.3. The maximum Gasteiger partial charge on any atom is 0.358 e. The van der Waals surface area contributed by atoms with Gasteiger partial charge in [0.25, 0.3) is 0 Å². The summed E-state index contributed by atoms with van der Waals surface area (Å²) in [5, 5.41) is 5.01. The number of benzene rings is 2. The second-order valence-electron chi connectivity index (χ2n) is 12.2. The van der Waals surface area contributed by atoms with Crippen molar-refractivity contribution in [2.45, 2.75) is 101 Å². The van der Waals surface area contributed by atoms with Gasteiger partial charge in [0.15, 0.2) is 11.4 Å². The van der Waals surface area contributed by atoms with Gasteiger partial charge in [0.05, 0.1) is 20.5 Å². The minimum absolute atomic E-state index is 0.338. The molecule has 0 aliphatic carbocycles. The maximum atomic E-state index is 11.4. The van der Waals surface area contributed by atoms with E-state index in [1.165, 1.54) is 63.9 Å². The SMILES string of the molecule is CCC[CH2][GeH]([CH2]CCC)[CH2]CCC.COC(=O)c1cn(CCc2ccccc2Br)cn1.COC(=O)c1cn2c(n1)-c1ccccc1CC2. The summed E-state index contributed by atoms with van der Waals surface area (Å²) in [7, 11) is 2.72. The number of imidazole rings is 2. The monoisotopic (exact) mass is 782 g/mol. The van der Waals surface area contributed by atoms with Crippen LogP contribution in [0.5, 0.6) is 0 Å². The third-order valence-electron chi connectivity index (χ3n) is 8.57. The number of fused-ring (bicyclic) bond motifs is 3. The molecule has 260 valence electrons. The average Bonchev–Trinajstić information content (AvgIpc) is 3.79. The molecule has 8 nitrogen and oxygen atoms in total. The van der Waals surface area contributed by atoms with Gasteiger partial charge in [-0.2, -0.15) is 0 Å². The number of aromatic nitrogens is 4. The first kappa shape index (κ1) is 39.3. The van der Waals surface area contributed by atoms with Crippen molar-refractivity contribution in [3.05, 3.63) is 94.2 Å². The Labute approximate surface area is 299 Å².